The lowest BCUT2D eigenvalue weighted by atomic mass is 9.98. The predicted molar refractivity (Wildman–Crippen MR) is 174 cm³/mol. The molecule has 8 nitrogen and oxygen atoms in total. The standard InChI is InChI=1S/C13H20N2O.C9H11BrO.C9H18N2O2.CH4/c1-13(2,16)11-3-5-12(6-4-11)15-9-7-14-8-10-15;1-9(2,11)7-3-5-8(10)6-4-7;1-9(2,3)13-8(12)11-6-4-10-5-7-11;/h3-6,14,16H,7-10H2,1-2H3;3-6,11H,1-2H3;10H,4-7H2,1-3H3;1H4. The number of hydrogen-bond acceptors (Lipinski definition) is 7. The predicted octanol–water partition coefficient (Wildman–Crippen LogP) is 5.46. The van der Waals surface area contributed by atoms with E-state index in [0.29, 0.717) is 0 Å². The van der Waals surface area contributed by atoms with Gasteiger partial charge in [0.15, 0.2) is 0 Å². The maximum absolute atomic E-state index is 11.5. The number of rotatable bonds is 3. The van der Waals surface area contributed by atoms with Crippen LogP contribution >= 0.6 is 15.9 Å². The van der Waals surface area contributed by atoms with Crippen molar-refractivity contribution in [2.45, 2.75) is 72.7 Å². The average molecular weight is 638 g/mol. The lowest BCUT2D eigenvalue weighted by molar-refractivity contribution is 0.0228. The smallest absolute Gasteiger partial charge is 0.410 e. The van der Waals surface area contributed by atoms with E-state index in [0.717, 1.165) is 68.0 Å². The molecule has 0 radical (unpaired) electrons. The normalized spacial score (nSPS) is 15.9. The highest BCUT2D eigenvalue weighted by Gasteiger charge is 2.23. The van der Waals surface area contributed by atoms with Gasteiger partial charge in [-0.1, -0.05) is 47.6 Å². The van der Waals surface area contributed by atoms with Gasteiger partial charge in [-0.2, -0.15) is 0 Å². The molecule has 0 bridgehead atoms. The maximum atomic E-state index is 11.5. The van der Waals surface area contributed by atoms with Crippen LogP contribution in [-0.4, -0.2) is 79.2 Å². The van der Waals surface area contributed by atoms with Gasteiger partial charge < -0.3 is 35.4 Å². The number of ether oxygens (including phenoxy) is 1. The van der Waals surface area contributed by atoms with Crippen LogP contribution in [0.4, 0.5) is 10.5 Å². The van der Waals surface area contributed by atoms with Gasteiger partial charge >= 0.3 is 6.09 Å². The summed E-state index contributed by atoms with van der Waals surface area (Å²) in [5.41, 5.74) is 1.27. The molecular formula is C32H53BrN4O4. The Morgan fingerprint density at radius 3 is 1.51 bits per heavy atom. The van der Waals surface area contributed by atoms with Crippen LogP contribution in [-0.2, 0) is 15.9 Å². The molecule has 0 atom stereocenters. The number of carbonyl (C=O) groups excluding carboxylic acids is 1. The van der Waals surface area contributed by atoms with Gasteiger partial charge in [-0.3, -0.25) is 0 Å². The van der Waals surface area contributed by atoms with E-state index in [1.54, 1.807) is 18.7 Å². The van der Waals surface area contributed by atoms with E-state index in [4.69, 9.17) is 4.74 Å². The fraction of sp³-hybridized carbons (Fsp3) is 0.594. The first kappa shape index (κ1) is 36.9. The minimum Gasteiger partial charge on any atom is -0.444 e. The summed E-state index contributed by atoms with van der Waals surface area (Å²) >= 11 is 3.33. The van der Waals surface area contributed by atoms with Crippen LogP contribution in [0.1, 0.15) is 67.0 Å². The summed E-state index contributed by atoms with van der Waals surface area (Å²) in [6.45, 7) is 20.2. The third kappa shape index (κ3) is 14.0. The fourth-order valence-corrected chi connectivity index (χ4v) is 4.30. The molecule has 41 heavy (non-hydrogen) atoms. The molecule has 0 saturated carbocycles. The number of halogens is 1. The number of carbonyl (C=O) groups is 1. The van der Waals surface area contributed by atoms with Crippen LogP contribution in [0, 0.1) is 0 Å². The van der Waals surface area contributed by atoms with Crippen molar-refractivity contribution in [2.75, 3.05) is 57.3 Å². The van der Waals surface area contributed by atoms with Crippen molar-refractivity contribution in [3.8, 4) is 0 Å². The zero-order valence-electron chi connectivity index (χ0n) is 25.3. The van der Waals surface area contributed by atoms with Gasteiger partial charge in [0.25, 0.3) is 0 Å². The van der Waals surface area contributed by atoms with E-state index < -0.39 is 11.2 Å². The van der Waals surface area contributed by atoms with Gasteiger partial charge in [-0.15, -0.1) is 0 Å². The number of benzene rings is 2. The zero-order valence-corrected chi connectivity index (χ0v) is 26.8. The Labute approximate surface area is 256 Å². The van der Waals surface area contributed by atoms with Crippen molar-refractivity contribution in [2.24, 2.45) is 0 Å². The highest BCUT2D eigenvalue weighted by atomic mass is 79.9. The summed E-state index contributed by atoms with van der Waals surface area (Å²) in [4.78, 5) is 15.6. The Morgan fingerprint density at radius 2 is 1.12 bits per heavy atom. The molecule has 2 saturated heterocycles. The average Bonchev–Trinajstić information content (AvgIpc) is 2.89. The third-order valence-corrected chi connectivity index (χ3v) is 6.90. The summed E-state index contributed by atoms with van der Waals surface area (Å²) in [7, 11) is 0. The van der Waals surface area contributed by atoms with Gasteiger partial charge in [-0.25, -0.2) is 4.79 Å². The molecule has 1 amide bonds. The molecule has 2 heterocycles. The molecule has 2 fully saturated rings. The van der Waals surface area contributed by atoms with Gasteiger partial charge in [0.1, 0.15) is 5.60 Å². The number of piperazine rings is 2. The first-order valence-corrected chi connectivity index (χ1v) is 14.8. The molecule has 2 aliphatic rings. The van der Waals surface area contributed by atoms with E-state index in [9.17, 15) is 15.0 Å². The molecule has 9 heteroatoms. The Morgan fingerprint density at radius 1 is 0.732 bits per heavy atom. The van der Waals surface area contributed by atoms with Crippen molar-refractivity contribution in [3.63, 3.8) is 0 Å². The maximum Gasteiger partial charge on any atom is 0.410 e. The Kier molecular flexibility index (Phi) is 14.8. The third-order valence-electron chi connectivity index (χ3n) is 6.38. The van der Waals surface area contributed by atoms with Crippen LogP contribution < -0.4 is 15.5 Å². The molecule has 2 aromatic rings. The van der Waals surface area contributed by atoms with Crippen molar-refractivity contribution < 1.29 is 19.7 Å². The minimum atomic E-state index is -0.748. The first-order chi connectivity index (χ1) is 18.6. The molecule has 0 aliphatic carbocycles. The van der Waals surface area contributed by atoms with Gasteiger partial charge in [0.05, 0.1) is 11.2 Å². The van der Waals surface area contributed by atoms with E-state index in [-0.39, 0.29) is 19.1 Å². The van der Waals surface area contributed by atoms with Gasteiger partial charge in [0.2, 0.25) is 0 Å². The summed E-state index contributed by atoms with van der Waals surface area (Å²) in [5.74, 6) is 0. The fourth-order valence-electron chi connectivity index (χ4n) is 4.03. The second-order valence-corrected chi connectivity index (χ2v) is 13.0. The molecule has 2 aliphatic heterocycles. The Bertz CT molecular complexity index is 1010. The lowest BCUT2D eigenvalue weighted by Crippen LogP contribution is -2.48. The molecule has 232 valence electrons. The van der Waals surface area contributed by atoms with E-state index in [1.165, 1.54) is 5.69 Å². The second-order valence-electron chi connectivity index (χ2n) is 12.1. The van der Waals surface area contributed by atoms with Crippen molar-refractivity contribution in [3.05, 3.63) is 64.1 Å². The largest absolute Gasteiger partial charge is 0.444 e. The number of nitrogens with zero attached hydrogens (tertiary/aromatic N) is 2. The summed E-state index contributed by atoms with van der Waals surface area (Å²) in [6.07, 6.45) is -0.200. The molecule has 0 aromatic heterocycles. The summed E-state index contributed by atoms with van der Waals surface area (Å²) in [6, 6.07) is 15.9. The van der Waals surface area contributed by atoms with Gasteiger partial charge in [0, 0.05) is 62.5 Å². The molecule has 4 rings (SSSR count). The molecule has 2 aromatic carbocycles. The highest BCUT2D eigenvalue weighted by Crippen LogP contribution is 2.23. The van der Waals surface area contributed by atoms with Crippen molar-refractivity contribution in [1.82, 2.24) is 15.5 Å². The van der Waals surface area contributed by atoms with Crippen LogP contribution in [0.25, 0.3) is 0 Å². The summed E-state index contributed by atoms with van der Waals surface area (Å²) in [5, 5.41) is 26.0. The van der Waals surface area contributed by atoms with Crippen molar-refractivity contribution in [1.29, 1.82) is 0 Å². The van der Waals surface area contributed by atoms with Crippen LogP contribution in [0.5, 0.6) is 0 Å². The Balaban J connectivity index is 0.000000310. The van der Waals surface area contributed by atoms with Crippen LogP contribution in [0.3, 0.4) is 0 Å². The van der Waals surface area contributed by atoms with E-state index >= 15 is 0 Å². The molecule has 4 N–H and O–H groups in total. The molecule has 0 spiro atoms. The Hall–Kier alpha value is -2.17. The quantitative estimate of drug-likeness (QED) is 0.355. The second kappa shape index (κ2) is 16.5. The first-order valence-electron chi connectivity index (χ1n) is 14.0. The lowest BCUT2D eigenvalue weighted by Gasteiger charge is -2.30. The van der Waals surface area contributed by atoms with E-state index in [2.05, 4.69) is 43.6 Å². The monoisotopic (exact) mass is 636 g/mol. The number of aliphatic hydroxyl groups is 2. The van der Waals surface area contributed by atoms with E-state index in [1.807, 2.05) is 71.0 Å². The number of nitrogens with one attached hydrogen (secondary N) is 2. The number of anilines is 1. The molecular weight excluding hydrogens is 584 g/mol. The highest BCUT2D eigenvalue weighted by molar-refractivity contribution is 9.10. The minimum absolute atomic E-state index is 0. The SMILES string of the molecule is C.CC(C)(C)OC(=O)N1CCNCC1.CC(C)(O)c1ccc(Br)cc1.CC(C)(O)c1ccc(N2CCNCC2)cc1. The molecule has 0 unspecified atom stereocenters. The zero-order chi connectivity index (χ0) is 30.0. The van der Waals surface area contributed by atoms with Crippen LogP contribution in [0.2, 0.25) is 0 Å². The van der Waals surface area contributed by atoms with Crippen molar-refractivity contribution >= 4 is 27.7 Å². The van der Waals surface area contributed by atoms with Gasteiger partial charge in [-0.05, 0) is 83.9 Å². The van der Waals surface area contributed by atoms with Crippen LogP contribution in [0.15, 0.2) is 53.0 Å². The number of hydrogen-bond donors (Lipinski definition) is 4. The summed E-state index contributed by atoms with van der Waals surface area (Å²) < 4.78 is 6.27. The number of amides is 1. The topological polar surface area (TPSA) is 97.3 Å².